The Bertz CT molecular complexity index is 796. The first-order valence-electron chi connectivity index (χ1n) is 7.69. The molecule has 0 aliphatic rings. The highest BCUT2D eigenvalue weighted by Crippen LogP contribution is 2.32. The number of nitrogens with zero attached hydrogens (tertiary/aromatic N) is 3. The van der Waals surface area contributed by atoms with Crippen molar-refractivity contribution in [3.8, 4) is 5.75 Å². The number of aryl methyl sites for hydroxylation is 1. The number of nitrogens with two attached hydrogens (primary N) is 1. The number of halogens is 1. The lowest BCUT2D eigenvalue weighted by molar-refractivity contribution is 0.410. The summed E-state index contributed by atoms with van der Waals surface area (Å²) in [6.07, 6.45) is 1.23. The second-order valence-corrected chi connectivity index (χ2v) is 6.38. The second-order valence-electron chi connectivity index (χ2n) is 6.03. The molecule has 0 radical (unpaired) electrons. The summed E-state index contributed by atoms with van der Waals surface area (Å²) in [6, 6.07) is 5.79. The van der Waals surface area contributed by atoms with Gasteiger partial charge in [-0.1, -0.05) is 18.5 Å². The number of anilines is 1. The maximum absolute atomic E-state index is 7.39. The summed E-state index contributed by atoms with van der Waals surface area (Å²) in [5.41, 5.74) is 8.62. The molecule has 0 bridgehead atoms. The highest BCUT2D eigenvalue weighted by molar-refractivity contribution is 6.30. The zero-order valence-corrected chi connectivity index (χ0v) is 15.1. The average Bonchev–Trinajstić information content (AvgIpc) is 2.56. The monoisotopic (exact) mass is 344 g/mol. The molecule has 2 rings (SSSR count). The minimum Gasteiger partial charge on any atom is -0.496 e. The molecular formula is C18H21ClN4O. The van der Waals surface area contributed by atoms with Crippen LogP contribution < -0.4 is 10.5 Å². The number of rotatable bonds is 5. The zero-order chi connectivity index (χ0) is 17.9. The van der Waals surface area contributed by atoms with E-state index in [0.717, 1.165) is 28.1 Å². The summed E-state index contributed by atoms with van der Waals surface area (Å²) in [7, 11) is 1.63. The molecule has 0 atom stereocenters. The van der Waals surface area contributed by atoms with Crippen LogP contribution in [-0.2, 0) is 18.4 Å². The van der Waals surface area contributed by atoms with Gasteiger partial charge < -0.3 is 15.3 Å². The third-order valence-electron chi connectivity index (χ3n) is 4.03. The Morgan fingerprint density at radius 1 is 1.33 bits per heavy atom. The van der Waals surface area contributed by atoms with Gasteiger partial charge in [-0.15, -0.1) is 0 Å². The van der Waals surface area contributed by atoms with Crippen molar-refractivity contribution >= 4 is 17.5 Å². The molecule has 0 unspecified atom stereocenters. The van der Waals surface area contributed by atoms with E-state index >= 15 is 0 Å². The van der Waals surface area contributed by atoms with Gasteiger partial charge in [0.2, 0.25) is 5.95 Å². The number of hydrogen-bond acceptors (Lipinski definition) is 4. The van der Waals surface area contributed by atoms with E-state index in [1.165, 1.54) is 0 Å². The maximum atomic E-state index is 7.39. The van der Waals surface area contributed by atoms with E-state index in [2.05, 4.69) is 14.8 Å². The number of ether oxygens (including phenoxy) is 1. The highest BCUT2D eigenvalue weighted by Gasteiger charge is 2.27. The smallest absolute Gasteiger partial charge is 0.252 e. The molecule has 2 N–H and O–H groups in total. The Kier molecular flexibility index (Phi) is 5.30. The molecule has 1 aromatic heterocycles. The Balaban J connectivity index is 2.54. The summed E-state index contributed by atoms with van der Waals surface area (Å²) in [5.74, 6) is 0.921. The fourth-order valence-corrected chi connectivity index (χ4v) is 2.80. The van der Waals surface area contributed by atoms with Crippen molar-refractivity contribution in [3.05, 3.63) is 57.2 Å². The fraction of sp³-hybridized carbons (Fsp3) is 0.389. The Morgan fingerprint density at radius 2 is 2.04 bits per heavy atom. The molecule has 1 heterocycles. The van der Waals surface area contributed by atoms with Crippen molar-refractivity contribution in [2.75, 3.05) is 12.8 Å². The molecule has 0 amide bonds. The predicted molar refractivity (Wildman–Crippen MR) is 96.3 cm³/mol. The number of nitrogen functional groups attached to an aromatic ring is 1. The van der Waals surface area contributed by atoms with E-state index in [9.17, 15) is 0 Å². The molecule has 0 saturated heterocycles. The van der Waals surface area contributed by atoms with Crippen LogP contribution in [-0.4, -0.2) is 17.1 Å². The van der Waals surface area contributed by atoms with Crippen LogP contribution in [0, 0.1) is 6.57 Å². The third-order valence-corrected chi connectivity index (χ3v) is 4.34. The molecule has 5 nitrogen and oxygen atoms in total. The third kappa shape index (κ3) is 3.60. The lowest BCUT2D eigenvalue weighted by Crippen LogP contribution is -2.12. The highest BCUT2D eigenvalue weighted by atomic mass is 35.5. The van der Waals surface area contributed by atoms with Gasteiger partial charge >= 0.3 is 0 Å². The first kappa shape index (κ1) is 18.0. The minimum absolute atomic E-state index is 0.176. The van der Waals surface area contributed by atoms with Gasteiger partial charge in [0.15, 0.2) is 0 Å². The van der Waals surface area contributed by atoms with E-state index in [0.29, 0.717) is 18.0 Å². The van der Waals surface area contributed by atoms with Gasteiger partial charge in [-0.2, -0.15) is 0 Å². The molecule has 0 aliphatic heterocycles. The van der Waals surface area contributed by atoms with Crippen molar-refractivity contribution in [2.24, 2.45) is 0 Å². The average molecular weight is 345 g/mol. The molecule has 1 aromatic carbocycles. The van der Waals surface area contributed by atoms with Crippen LogP contribution in [0.5, 0.6) is 5.75 Å². The van der Waals surface area contributed by atoms with Crippen molar-refractivity contribution < 1.29 is 4.74 Å². The quantitative estimate of drug-likeness (QED) is 0.657. The lowest BCUT2D eigenvalue weighted by Gasteiger charge is -2.17. The van der Waals surface area contributed by atoms with Gasteiger partial charge in [-0.05, 0) is 30.2 Å². The summed E-state index contributed by atoms with van der Waals surface area (Å²) < 4.78 is 5.47. The normalized spacial score (nSPS) is 11.2. The molecule has 0 fully saturated rings. The van der Waals surface area contributed by atoms with Gasteiger partial charge in [0.05, 0.1) is 12.8 Å². The Hall–Kier alpha value is -2.32. The van der Waals surface area contributed by atoms with E-state index < -0.39 is 5.54 Å². The molecule has 0 saturated carbocycles. The Labute approximate surface area is 147 Å². The first-order chi connectivity index (χ1) is 11.3. The van der Waals surface area contributed by atoms with Crippen molar-refractivity contribution in [3.63, 3.8) is 0 Å². The molecular weight excluding hydrogens is 324 g/mol. The van der Waals surface area contributed by atoms with E-state index in [-0.39, 0.29) is 5.95 Å². The molecule has 0 aliphatic carbocycles. The van der Waals surface area contributed by atoms with Crippen molar-refractivity contribution in [1.29, 1.82) is 0 Å². The van der Waals surface area contributed by atoms with Crippen LogP contribution in [0.25, 0.3) is 4.85 Å². The molecule has 2 aromatic rings. The van der Waals surface area contributed by atoms with Crippen LogP contribution in [0.4, 0.5) is 5.95 Å². The van der Waals surface area contributed by atoms with Crippen LogP contribution in [0.15, 0.2) is 18.2 Å². The van der Waals surface area contributed by atoms with E-state index in [1.54, 1.807) is 7.11 Å². The summed E-state index contributed by atoms with van der Waals surface area (Å²) >= 11 is 6.30. The standard InChI is InChI=1S/C18H21ClN4O/c1-6-14-13(16(19)23-17(20)22-14)10-11-9-12(18(2,3)21-4)7-8-15(11)24-5/h7-9H,6,10H2,1-3,5H3,(H2,20,22,23). The van der Waals surface area contributed by atoms with Crippen LogP contribution >= 0.6 is 11.6 Å². The lowest BCUT2D eigenvalue weighted by atomic mass is 9.91. The first-order valence-corrected chi connectivity index (χ1v) is 8.07. The van der Waals surface area contributed by atoms with Crippen LogP contribution in [0.3, 0.4) is 0 Å². The molecule has 6 heteroatoms. The van der Waals surface area contributed by atoms with E-state index in [4.69, 9.17) is 28.6 Å². The molecule has 0 spiro atoms. The number of methoxy groups -OCH3 is 1. The van der Waals surface area contributed by atoms with Gasteiger partial charge in [0.25, 0.3) is 5.54 Å². The zero-order valence-electron chi connectivity index (χ0n) is 14.4. The minimum atomic E-state index is -0.601. The summed E-state index contributed by atoms with van der Waals surface area (Å²) in [4.78, 5) is 12.0. The van der Waals surface area contributed by atoms with Gasteiger partial charge in [0, 0.05) is 31.4 Å². The van der Waals surface area contributed by atoms with Crippen molar-refractivity contribution in [1.82, 2.24) is 9.97 Å². The molecule has 126 valence electrons. The fourth-order valence-electron chi connectivity index (χ4n) is 2.54. The van der Waals surface area contributed by atoms with Gasteiger partial charge in [-0.25, -0.2) is 16.5 Å². The SMILES string of the molecule is [C-]#[N+]C(C)(C)c1ccc(OC)c(Cc2c(Cl)nc(N)nc2CC)c1. The maximum Gasteiger partial charge on any atom is 0.252 e. The number of aromatic nitrogens is 2. The number of benzene rings is 1. The summed E-state index contributed by atoms with van der Waals surface area (Å²) in [6.45, 7) is 13.2. The summed E-state index contributed by atoms with van der Waals surface area (Å²) in [5, 5.41) is 0.358. The largest absolute Gasteiger partial charge is 0.496 e. The van der Waals surface area contributed by atoms with Crippen LogP contribution in [0.2, 0.25) is 5.15 Å². The topological polar surface area (TPSA) is 65.4 Å². The van der Waals surface area contributed by atoms with Crippen LogP contribution in [0.1, 0.15) is 43.2 Å². The number of hydrogen-bond donors (Lipinski definition) is 1. The van der Waals surface area contributed by atoms with Crippen molar-refractivity contribution in [2.45, 2.75) is 39.2 Å². The van der Waals surface area contributed by atoms with Gasteiger partial charge in [0.1, 0.15) is 10.9 Å². The molecule has 24 heavy (non-hydrogen) atoms. The van der Waals surface area contributed by atoms with Gasteiger partial charge in [-0.3, -0.25) is 0 Å². The predicted octanol–water partition coefficient (Wildman–Crippen LogP) is 4.03. The van der Waals surface area contributed by atoms with E-state index in [1.807, 2.05) is 39.0 Å². The second kappa shape index (κ2) is 7.06. The Morgan fingerprint density at radius 3 is 2.62 bits per heavy atom.